The molecule has 1 N–H and O–H groups in total. The zero-order chi connectivity index (χ0) is 7.61. The average Bonchev–Trinajstić information content (AvgIpc) is 2.33. The van der Waals surface area contributed by atoms with Crippen molar-refractivity contribution in [1.82, 2.24) is 0 Å². The van der Waals surface area contributed by atoms with Crippen LogP contribution in [-0.4, -0.2) is 29.7 Å². The van der Waals surface area contributed by atoms with Crippen LogP contribution in [0, 0.1) is 6.92 Å². The van der Waals surface area contributed by atoms with Crippen LogP contribution >= 0.6 is 0 Å². The van der Waals surface area contributed by atoms with Gasteiger partial charge in [-0.3, -0.25) is 0 Å². The van der Waals surface area contributed by atoms with Crippen LogP contribution in [0.4, 0.5) is 0 Å². The minimum absolute atomic E-state index is 0.274. The Balaban J connectivity index is 2.59. The van der Waals surface area contributed by atoms with Crippen LogP contribution in [0.5, 0.6) is 0 Å². The van der Waals surface area contributed by atoms with Crippen LogP contribution in [0.25, 0.3) is 0 Å². The van der Waals surface area contributed by atoms with E-state index in [2.05, 4.69) is 0 Å². The Bertz CT molecular complexity index is 135. The van der Waals surface area contributed by atoms with E-state index in [1.807, 2.05) is 0 Å². The Morgan fingerprint density at radius 3 is 2.80 bits per heavy atom. The summed E-state index contributed by atoms with van der Waals surface area (Å²) in [4.78, 5) is 10.4. The molecular formula is C7H10O3. The molecule has 56 valence electrons. The van der Waals surface area contributed by atoms with Crippen molar-refractivity contribution in [1.29, 1.82) is 0 Å². The SMILES string of the molecule is [CH][C@H]1CC[C@@](C=O)(CO)O1. The van der Waals surface area contributed by atoms with E-state index in [0.717, 1.165) is 0 Å². The molecule has 1 heterocycles. The number of rotatable bonds is 2. The van der Waals surface area contributed by atoms with Gasteiger partial charge in [-0.1, -0.05) is 0 Å². The first kappa shape index (κ1) is 7.69. The van der Waals surface area contributed by atoms with Gasteiger partial charge in [0.2, 0.25) is 0 Å². The smallest absolute Gasteiger partial charge is 0.154 e. The summed E-state index contributed by atoms with van der Waals surface area (Å²) in [6, 6.07) is 0. The maximum absolute atomic E-state index is 10.4. The molecule has 10 heavy (non-hydrogen) atoms. The first-order valence-corrected chi connectivity index (χ1v) is 3.23. The highest BCUT2D eigenvalue weighted by atomic mass is 16.5. The van der Waals surface area contributed by atoms with Gasteiger partial charge in [0.05, 0.1) is 12.7 Å². The van der Waals surface area contributed by atoms with Crippen LogP contribution in [0.3, 0.4) is 0 Å². The van der Waals surface area contributed by atoms with E-state index >= 15 is 0 Å². The molecule has 1 aliphatic rings. The molecule has 0 spiro atoms. The highest BCUT2D eigenvalue weighted by molar-refractivity contribution is 5.63. The normalized spacial score (nSPS) is 40.0. The summed E-state index contributed by atoms with van der Waals surface area (Å²) in [5, 5.41) is 8.72. The topological polar surface area (TPSA) is 46.5 Å². The van der Waals surface area contributed by atoms with Crippen LogP contribution in [0.2, 0.25) is 0 Å². The first-order valence-electron chi connectivity index (χ1n) is 3.23. The summed E-state index contributed by atoms with van der Waals surface area (Å²) in [5.74, 6) is 0. The molecular weight excluding hydrogens is 132 g/mol. The minimum atomic E-state index is -1.00. The van der Waals surface area contributed by atoms with Crippen LogP contribution < -0.4 is 0 Å². The average molecular weight is 142 g/mol. The molecule has 1 fully saturated rings. The Kier molecular flexibility index (Phi) is 2.06. The number of carbonyl (C=O) groups is 1. The van der Waals surface area contributed by atoms with Crippen molar-refractivity contribution in [3.05, 3.63) is 6.92 Å². The summed E-state index contributed by atoms with van der Waals surface area (Å²) < 4.78 is 5.01. The highest BCUT2D eigenvalue weighted by Crippen LogP contribution is 2.27. The van der Waals surface area contributed by atoms with Gasteiger partial charge in [0, 0.05) is 0 Å². The fourth-order valence-corrected chi connectivity index (χ4v) is 1.05. The van der Waals surface area contributed by atoms with E-state index in [9.17, 15) is 4.79 Å². The van der Waals surface area contributed by atoms with Gasteiger partial charge < -0.3 is 14.6 Å². The van der Waals surface area contributed by atoms with Crippen molar-refractivity contribution in [3.63, 3.8) is 0 Å². The Hall–Kier alpha value is -0.410. The van der Waals surface area contributed by atoms with Crippen molar-refractivity contribution < 1.29 is 14.6 Å². The molecule has 3 heteroatoms. The van der Waals surface area contributed by atoms with E-state index in [1.54, 1.807) is 0 Å². The summed E-state index contributed by atoms with van der Waals surface area (Å²) in [7, 11) is 0. The van der Waals surface area contributed by atoms with Gasteiger partial charge in [-0.15, -0.1) is 0 Å². The summed E-state index contributed by atoms with van der Waals surface area (Å²) in [6.07, 6.45) is 1.39. The lowest BCUT2D eigenvalue weighted by atomic mass is 10.0. The predicted molar refractivity (Wildman–Crippen MR) is 34.3 cm³/mol. The van der Waals surface area contributed by atoms with Crippen LogP contribution in [0.15, 0.2) is 0 Å². The third kappa shape index (κ3) is 1.20. The number of aldehydes is 1. The fraction of sp³-hybridized carbons (Fsp3) is 0.714. The number of carbonyl (C=O) groups excluding carboxylic acids is 1. The lowest BCUT2D eigenvalue weighted by molar-refractivity contribution is -0.133. The van der Waals surface area contributed by atoms with Gasteiger partial charge in [-0.25, -0.2) is 0 Å². The van der Waals surface area contributed by atoms with Gasteiger partial charge in [0.1, 0.15) is 5.60 Å². The monoisotopic (exact) mass is 142 g/mol. The van der Waals surface area contributed by atoms with E-state index in [4.69, 9.17) is 16.8 Å². The Morgan fingerprint density at radius 2 is 2.60 bits per heavy atom. The third-order valence-corrected chi connectivity index (χ3v) is 1.72. The molecule has 2 radical (unpaired) electrons. The highest BCUT2D eigenvalue weighted by Gasteiger charge is 2.37. The molecule has 0 amide bonds. The van der Waals surface area contributed by atoms with Gasteiger partial charge in [-0.2, -0.15) is 0 Å². The number of hydrogen-bond acceptors (Lipinski definition) is 3. The second-order valence-electron chi connectivity index (χ2n) is 2.54. The molecule has 1 rings (SSSR count). The summed E-state index contributed by atoms with van der Waals surface area (Å²) in [6.45, 7) is 5.10. The summed E-state index contributed by atoms with van der Waals surface area (Å²) >= 11 is 0. The third-order valence-electron chi connectivity index (χ3n) is 1.72. The molecule has 2 atom stereocenters. The Labute approximate surface area is 60.0 Å². The van der Waals surface area contributed by atoms with Crippen LogP contribution in [-0.2, 0) is 9.53 Å². The standard InChI is InChI=1S/C7H10O3/c1-6-2-3-7(4-8,5-9)10-6/h1,4,6,9H,2-3,5H2/t6-,7+/m0/s1. The number of aliphatic hydroxyl groups excluding tert-OH is 1. The minimum Gasteiger partial charge on any atom is -0.393 e. The lowest BCUT2D eigenvalue weighted by Crippen LogP contribution is -2.34. The second-order valence-corrected chi connectivity index (χ2v) is 2.54. The molecule has 0 aromatic carbocycles. The largest absolute Gasteiger partial charge is 0.393 e. The van der Waals surface area contributed by atoms with E-state index < -0.39 is 11.7 Å². The second kappa shape index (κ2) is 2.68. The zero-order valence-electron chi connectivity index (χ0n) is 5.62. The molecule has 0 aromatic heterocycles. The number of hydrogen-bond donors (Lipinski definition) is 1. The number of aliphatic hydroxyl groups is 1. The van der Waals surface area contributed by atoms with Crippen molar-refractivity contribution >= 4 is 6.29 Å². The van der Waals surface area contributed by atoms with E-state index in [-0.39, 0.29) is 6.61 Å². The van der Waals surface area contributed by atoms with E-state index in [1.165, 1.54) is 0 Å². The molecule has 0 saturated carbocycles. The summed E-state index contributed by atoms with van der Waals surface area (Å²) in [5.41, 5.74) is -1.00. The van der Waals surface area contributed by atoms with Gasteiger partial charge in [-0.05, 0) is 19.8 Å². The van der Waals surface area contributed by atoms with Crippen LogP contribution in [0.1, 0.15) is 12.8 Å². The van der Waals surface area contributed by atoms with Crippen molar-refractivity contribution in [2.24, 2.45) is 0 Å². The maximum atomic E-state index is 10.4. The lowest BCUT2D eigenvalue weighted by Gasteiger charge is -2.18. The van der Waals surface area contributed by atoms with E-state index in [0.29, 0.717) is 19.1 Å². The van der Waals surface area contributed by atoms with Gasteiger partial charge in [0.15, 0.2) is 6.29 Å². The molecule has 3 nitrogen and oxygen atoms in total. The first-order chi connectivity index (χ1) is 4.72. The molecule has 1 saturated heterocycles. The predicted octanol–water partition coefficient (Wildman–Crippen LogP) is -0.194. The molecule has 0 unspecified atom stereocenters. The molecule has 0 bridgehead atoms. The quantitative estimate of drug-likeness (QED) is 0.543. The van der Waals surface area contributed by atoms with Gasteiger partial charge >= 0.3 is 0 Å². The Morgan fingerprint density at radius 1 is 1.90 bits per heavy atom. The maximum Gasteiger partial charge on any atom is 0.154 e. The van der Waals surface area contributed by atoms with Crippen molar-refractivity contribution in [2.45, 2.75) is 24.5 Å². The fourth-order valence-electron chi connectivity index (χ4n) is 1.05. The molecule has 0 aromatic rings. The molecule has 0 aliphatic carbocycles. The van der Waals surface area contributed by atoms with Gasteiger partial charge in [0.25, 0.3) is 0 Å². The molecule has 1 aliphatic heterocycles. The zero-order valence-corrected chi connectivity index (χ0v) is 5.62. The van der Waals surface area contributed by atoms with Crippen molar-refractivity contribution in [3.8, 4) is 0 Å². The van der Waals surface area contributed by atoms with Crippen molar-refractivity contribution in [2.75, 3.05) is 6.61 Å². The number of ether oxygens (including phenoxy) is 1.